The van der Waals surface area contributed by atoms with Gasteiger partial charge in [-0.1, -0.05) is 13.8 Å². The molecule has 29 heavy (non-hydrogen) atoms. The van der Waals surface area contributed by atoms with Gasteiger partial charge < -0.3 is 13.6 Å². The van der Waals surface area contributed by atoms with Gasteiger partial charge in [-0.05, 0) is 48.2 Å². The van der Waals surface area contributed by atoms with Crippen LogP contribution in [-0.2, 0) is 16.1 Å². The van der Waals surface area contributed by atoms with Crippen molar-refractivity contribution in [3.63, 3.8) is 0 Å². The Balaban J connectivity index is 1.79. The van der Waals surface area contributed by atoms with Crippen LogP contribution in [0.4, 0.5) is 5.88 Å². The zero-order chi connectivity index (χ0) is 21.1. The summed E-state index contributed by atoms with van der Waals surface area (Å²) in [5, 5.41) is 11.3. The van der Waals surface area contributed by atoms with Crippen molar-refractivity contribution in [2.75, 3.05) is 0 Å². The van der Waals surface area contributed by atoms with Crippen molar-refractivity contribution < 1.29 is 23.3 Å². The van der Waals surface area contributed by atoms with Crippen LogP contribution in [0.3, 0.4) is 0 Å². The van der Waals surface area contributed by atoms with Crippen LogP contribution in [-0.4, -0.2) is 10.9 Å². The maximum absolute atomic E-state index is 12.0. The monoisotopic (exact) mass is 397 g/mol. The number of hydrogen-bond donors (Lipinski definition) is 0. The van der Waals surface area contributed by atoms with E-state index in [-0.39, 0.29) is 18.3 Å². The number of carbonyl (C=O) groups is 1. The molecule has 0 bridgehead atoms. The topological polar surface area (TPSA) is 113 Å². The van der Waals surface area contributed by atoms with Crippen LogP contribution in [0.15, 0.2) is 50.0 Å². The summed E-state index contributed by atoms with van der Waals surface area (Å²) in [6, 6.07) is 7.61. The van der Waals surface area contributed by atoms with E-state index in [9.17, 15) is 19.7 Å². The zero-order valence-corrected chi connectivity index (χ0v) is 16.1. The number of rotatable bonds is 6. The average Bonchev–Trinajstić information content (AvgIpc) is 3.13. The van der Waals surface area contributed by atoms with E-state index in [0.29, 0.717) is 16.5 Å². The summed E-state index contributed by atoms with van der Waals surface area (Å²) in [6.07, 6.45) is 2.37. The molecule has 0 amide bonds. The van der Waals surface area contributed by atoms with Crippen LogP contribution >= 0.6 is 0 Å². The van der Waals surface area contributed by atoms with Gasteiger partial charge in [-0.15, -0.1) is 0 Å². The second-order valence-electron chi connectivity index (χ2n) is 6.82. The van der Waals surface area contributed by atoms with E-state index >= 15 is 0 Å². The zero-order valence-electron chi connectivity index (χ0n) is 16.1. The Kier molecular flexibility index (Phi) is 5.63. The molecule has 2 aromatic heterocycles. The Morgan fingerprint density at radius 2 is 2.00 bits per heavy atom. The molecule has 0 saturated heterocycles. The SMILES string of the molecule is Cc1cc2oc(=O)cc(COC(=O)/C=C/c3ccc([N+](=O)[O-])o3)c2cc1C(C)C. The third-order valence-corrected chi connectivity index (χ3v) is 4.38. The Hall–Kier alpha value is -3.68. The average molecular weight is 397 g/mol. The lowest BCUT2D eigenvalue weighted by atomic mass is 9.95. The Morgan fingerprint density at radius 3 is 2.66 bits per heavy atom. The molecule has 150 valence electrons. The minimum Gasteiger partial charge on any atom is -0.458 e. The van der Waals surface area contributed by atoms with Crippen molar-refractivity contribution in [1.29, 1.82) is 0 Å². The quantitative estimate of drug-likeness (QED) is 0.198. The van der Waals surface area contributed by atoms with Crippen LogP contribution in [0, 0.1) is 17.0 Å². The highest BCUT2D eigenvalue weighted by atomic mass is 16.6. The van der Waals surface area contributed by atoms with Crippen LogP contribution < -0.4 is 5.63 Å². The van der Waals surface area contributed by atoms with Crippen molar-refractivity contribution in [3.8, 4) is 0 Å². The second-order valence-corrected chi connectivity index (χ2v) is 6.82. The number of hydrogen-bond acceptors (Lipinski definition) is 7. The van der Waals surface area contributed by atoms with E-state index < -0.39 is 22.4 Å². The molecule has 0 unspecified atom stereocenters. The van der Waals surface area contributed by atoms with Gasteiger partial charge in [0.05, 0.1) is 6.07 Å². The number of fused-ring (bicyclic) bond motifs is 1. The molecule has 1 aromatic carbocycles. The smallest absolute Gasteiger partial charge is 0.433 e. The highest BCUT2D eigenvalue weighted by Crippen LogP contribution is 2.27. The van der Waals surface area contributed by atoms with Gasteiger partial charge >= 0.3 is 17.5 Å². The maximum atomic E-state index is 12.0. The molecule has 0 aliphatic heterocycles. The van der Waals surface area contributed by atoms with Gasteiger partial charge in [0.2, 0.25) is 0 Å². The molecule has 0 spiro atoms. The lowest BCUT2D eigenvalue weighted by Gasteiger charge is -2.13. The van der Waals surface area contributed by atoms with E-state index in [2.05, 4.69) is 13.8 Å². The number of ether oxygens (including phenoxy) is 1. The molecular formula is C21H19NO7. The minimum absolute atomic E-state index is 0.121. The van der Waals surface area contributed by atoms with Crippen LogP contribution in [0.5, 0.6) is 0 Å². The van der Waals surface area contributed by atoms with Crippen LogP contribution in [0.1, 0.15) is 42.2 Å². The summed E-state index contributed by atoms with van der Waals surface area (Å²) in [7, 11) is 0. The number of nitrogens with zero attached hydrogens (tertiary/aromatic N) is 1. The fourth-order valence-corrected chi connectivity index (χ4v) is 3.01. The number of furan rings is 1. The summed E-state index contributed by atoms with van der Waals surface area (Å²) in [6.45, 7) is 5.96. The molecule has 8 nitrogen and oxygen atoms in total. The molecule has 3 aromatic rings. The first-order valence-electron chi connectivity index (χ1n) is 8.91. The van der Waals surface area contributed by atoms with Crippen molar-refractivity contribution >= 4 is 28.9 Å². The normalized spacial score (nSPS) is 11.4. The summed E-state index contributed by atoms with van der Waals surface area (Å²) >= 11 is 0. The lowest BCUT2D eigenvalue weighted by molar-refractivity contribution is -0.402. The van der Waals surface area contributed by atoms with Gasteiger partial charge in [-0.25, -0.2) is 9.59 Å². The van der Waals surface area contributed by atoms with E-state index in [1.165, 1.54) is 24.3 Å². The number of benzene rings is 1. The fourth-order valence-electron chi connectivity index (χ4n) is 3.01. The van der Waals surface area contributed by atoms with Gasteiger partial charge in [0.25, 0.3) is 0 Å². The maximum Gasteiger partial charge on any atom is 0.433 e. The third kappa shape index (κ3) is 4.60. The Labute approximate surface area is 165 Å². The molecule has 0 aliphatic carbocycles. The van der Waals surface area contributed by atoms with Crippen LogP contribution in [0.2, 0.25) is 0 Å². The fraction of sp³-hybridized carbons (Fsp3) is 0.238. The first-order valence-corrected chi connectivity index (χ1v) is 8.91. The number of nitro groups is 1. The molecule has 0 radical (unpaired) electrons. The summed E-state index contributed by atoms with van der Waals surface area (Å²) in [4.78, 5) is 33.8. The Morgan fingerprint density at radius 1 is 1.24 bits per heavy atom. The van der Waals surface area contributed by atoms with Crippen LogP contribution in [0.25, 0.3) is 17.0 Å². The van der Waals surface area contributed by atoms with Gasteiger partial charge in [-0.3, -0.25) is 10.1 Å². The number of aryl methyl sites for hydroxylation is 1. The standard InChI is InChI=1S/C21H19NO7/c1-12(2)16-10-17-14(9-21(24)29-18(17)8-13(16)3)11-27-20(23)7-5-15-4-6-19(28-15)22(25)26/h4-10,12H,11H2,1-3H3/b7-5+. The number of carbonyl (C=O) groups excluding carboxylic acids is 1. The van der Waals surface area contributed by atoms with E-state index in [4.69, 9.17) is 13.6 Å². The molecule has 0 atom stereocenters. The van der Waals surface area contributed by atoms with Gasteiger partial charge in [0.15, 0.2) is 0 Å². The van der Waals surface area contributed by atoms with Gasteiger partial charge in [0, 0.05) is 23.1 Å². The molecule has 0 fully saturated rings. The summed E-state index contributed by atoms with van der Waals surface area (Å²) < 4.78 is 15.4. The minimum atomic E-state index is -0.679. The third-order valence-electron chi connectivity index (χ3n) is 4.38. The largest absolute Gasteiger partial charge is 0.458 e. The number of esters is 1. The molecule has 0 aliphatic rings. The van der Waals surface area contributed by atoms with Crippen molar-refractivity contribution in [3.05, 3.63) is 79.4 Å². The van der Waals surface area contributed by atoms with E-state index in [0.717, 1.165) is 17.2 Å². The lowest BCUT2D eigenvalue weighted by Crippen LogP contribution is -2.06. The second kappa shape index (κ2) is 8.14. The van der Waals surface area contributed by atoms with Gasteiger partial charge in [-0.2, -0.15) is 0 Å². The molecule has 0 N–H and O–H groups in total. The predicted molar refractivity (Wildman–Crippen MR) is 106 cm³/mol. The summed E-state index contributed by atoms with van der Waals surface area (Å²) in [5.41, 5.74) is 2.56. The molecule has 0 saturated carbocycles. The first-order chi connectivity index (χ1) is 13.7. The summed E-state index contributed by atoms with van der Waals surface area (Å²) in [5.74, 6) is -0.670. The first kappa shape index (κ1) is 20.1. The highest BCUT2D eigenvalue weighted by Gasteiger charge is 2.13. The molecule has 3 rings (SSSR count). The Bertz CT molecular complexity index is 1170. The van der Waals surface area contributed by atoms with Crippen molar-refractivity contribution in [2.24, 2.45) is 0 Å². The molecular weight excluding hydrogens is 378 g/mol. The molecule has 8 heteroatoms. The van der Waals surface area contributed by atoms with Crippen molar-refractivity contribution in [1.82, 2.24) is 0 Å². The predicted octanol–water partition coefficient (Wildman–Crippen LogP) is 4.48. The van der Waals surface area contributed by atoms with Crippen molar-refractivity contribution in [2.45, 2.75) is 33.3 Å². The van der Waals surface area contributed by atoms with E-state index in [1.807, 2.05) is 13.0 Å². The molecule has 2 heterocycles. The van der Waals surface area contributed by atoms with E-state index in [1.54, 1.807) is 6.07 Å². The van der Waals surface area contributed by atoms with Gasteiger partial charge in [0.1, 0.15) is 22.9 Å². The highest BCUT2D eigenvalue weighted by molar-refractivity contribution is 5.87.